The fourth-order valence-electron chi connectivity index (χ4n) is 2.45. The maximum Gasteiger partial charge on any atom is 0.126 e. The summed E-state index contributed by atoms with van der Waals surface area (Å²) in [7, 11) is 2.25. The molecule has 0 saturated carbocycles. The second-order valence-electron chi connectivity index (χ2n) is 5.41. The van der Waals surface area contributed by atoms with Crippen LogP contribution in [0, 0.1) is 20.8 Å². The van der Waals surface area contributed by atoms with Gasteiger partial charge in [-0.25, -0.2) is 0 Å². The largest absolute Gasteiger partial charge is 0.507 e. The molecule has 2 nitrogen and oxygen atoms in total. The highest BCUT2D eigenvalue weighted by Crippen LogP contribution is 2.25. The number of hydrogen-bond donors (Lipinski definition) is 1. The Bertz CT molecular complexity index is 705. The summed E-state index contributed by atoms with van der Waals surface area (Å²) < 4.78 is 0. The summed E-state index contributed by atoms with van der Waals surface area (Å²) in [5.41, 5.74) is 5.57. The summed E-state index contributed by atoms with van der Waals surface area (Å²) in [4.78, 5) is 4.32. The van der Waals surface area contributed by atoms with Crippen molar-refractivity contribution in [1.82, 2.24) is 0 Å². The first kappa shape index (κ1) is 15.7. The molecule has 0 aliphatic rings. The van der Waals surface area contributed by atoms with E-state index >= 15 is 0 Å². The van der Waals surface area contributed by atoms with Gasteiger partial charge in [0.15, 0.2) is 0 Å². The van der Waals surface area contributed by atoms with Gasteiger partial charge in [-0.05, 0) is 55.8 Å². The Morgan fingerprint density at radius 3 is 2.48 bits per heavy atom. The first-order chi connectivity index (χ1) is 9.93. The molecule has 0 spiro atoms. The molecule has 110 valence electrons. The maximum atomic E-state index is 10.3. The topological polar surface area (TPSA) is 32.6 Å². The summed E-state index contributed by atoms with van der Waals surface area (Å²) in [5.74, 6) is 0.416. The van der Waals surface area contributed by atoms with E-state index in [1.807, 2.05) is 27.0 Å². The van der Waals surface area contributed by atoms with Gasteiger partial charge >= 0.3 is 0 Å². The van der Waals surface area contributed by atoms with Crippen LogP contribution in [-0.2, 0) is 0 Å². The molecule has 0 fully saturated rings. The average Bonchev–Trinajstić information content (AvgIpc) is 2.45. The van der Waals surface area contributed by atoms with E-state index in [1.54, 1.807) is 0 Å². The highest BCUT2D eigenvalue weighted by Gasteiger charge is 2.12. The molecule has 2 aromatic carbocycles. The van der Waals surface area contributed by atoms with Gasteiger partial charge in [0.05, 0.1) is 0 Å². The molecular formula is C18H22NOP. The highest BCUT2D eigenvalue weighted by atomic mass is 31.1. The van der Waals surface area contributed by atoms with Crippen molar-refractivity contribution in [2.24, 2.45) is 4.99 Å². The van der Waals surface area contributed by atoms with E-state index in [2.05, 4.69) is 43.1 Å². The Labute approximate surface area is 128 Å². The van der Waals surface area contributed by atoms with Crippen molar-refractivity contribution >= 4 is 24.9 Å². The van der Waals surface area contributed by atoms with Gasteiger partial charge in [-0.1, -0.05) is 32.8 Å². The number of phenolic OH excluding ortho intramolecular Hbond substituents is 1. The quantitative estimate of drug-likeness (QED) is 0.684. The van der Waals surface area contributed by atoms with Crippen LogP contribution < -0.4 is 10.6 Å². The van der Waals surface area contributed by atoms with Crippen molar-refractivity contribution in [2.75, 3.05) is 7.05 Å². The second kappa shape index (κ2) is 6.41. The van der Waals surface area contributed by atoms with E-state index in [0.29, 0.717) is 14.3 Å². The number of rotatable bonds is 3. The Morgan fingerprint density at radius 1 is 1.10 bits per heavy atom. The van der Waals surface area contributed by atoms with Crippen molar-refractivity contribution in [3.63, 3.8) is 0 Å². The van der Waals surface area contributed by atoms with Crippen molar-refractivity contribution < 1.29 is 5.11 Å². The monoisotopic (exact) mass is 299 g/mol. The molecule has 2 aromatic rings. The van der Waals surface area contributed by atoms with E-state index in [9.17, 15) is 5.11 Å². The Hall–Kier alpha value is -1.66. The number of aryl methyl sites for hydroxylation is 3. The lowest BCUT2D eigenvalue weighted by molar-refractivity contribution is 0.475. The Balaban J connectivity index is 2.55. The van der Waals surface area contributed by atoms with Gasteiger partial charge in [0.1, 0.15) is 5.75 Å². The summed E-state index contributed by atoms with van der Waals surface area (Å²) >= 11 is 0. The normalized spacial score (nSPS) is 12.3. The SMILES string of the molecule is CN=C(C)c1cccc(C)c1Pc1cc(C)cc(C)c1O. The molecule has 0 radical (unpaired) electrons. The summed E-state index contributed by atoms with van der Waals surface area (Å²) in [6, 6.07) is 10.4. The van der Waals surface area contributed by atoms with Crippen LogP contribution in [0.15, 0.2) is 35.3 Å². The van der Waals surface area contributed by atoms with E-state index in [1.165, 1.54) is 22.0 Å². The third kappa shape index (κ3) is 3.33. The number of hydrogen-bond acceptors (Lipinski definition) is 2. The molecule has 3 heteroatoms. The van der Waals surface area contributed by atoms with Crippen molar-refractivity contribution in [3.8, 4) is 5.75 Å². The van der Waals surface area contributed by atoms with Gasteiger partial charge in [0, 0.05) is 23.6 Å². The molecule has 0 saturated heterocycles. The lowest BCUT2D eigenvalue weighted by Crippen LogP contribution is -2.16. The minimum absolute atomic E-state index is 0.416. The van der Waals surface area contributed by atoms with Crippen LogP contribution in [0.3, 0.4) is 0 Å². The zero-order valence-corrected chi connectivity index (χ0v) is 14.3. The van der Waals surface area contributed by atoms with Gasteiger partial charge < -0.3 is 5.11 Å². The van der Waals surface area contributed by atoms with E-state index in [4.69, 9.17) is 0 Å². The minimum atomic E-state index is 0.416. The minimum Gasteiger partial charge on any atom is -0.507 e. The van der Waals surface area contributed by atoms with Crippen LogP contribution in [-0.4, -0.2) is 17.9 Å². The molecule has 0 amide bonds. The molecular weight excluding hydrogens is 277 g/mol. The average molecular weight is 299 g/mol. The van der Waals surface area contributed by atoms with Crippen LogP contribution in [0.5, 0.6) is 5.75 Å². The number of benzene rings is 2. The highest BCUT2D eigenvalue weighted by molar-refractivity contribution is 7.56. The second-order valence-corrected chi connectivity index (χ2v) is 6.70. The van der Waals surface area contributed by atoms with Crippen LogP contribution in [0.1, 0.15) is 29.2 Å². The molecule has 21 heavy (non-hydrogen) atoms. The van der Waals surface area contributed by atoms with E-state index in [0.717, 1.165) is 16.6 Å². The smallest absolute Gasteiger partial charge is 0.126 e. The zero-order chi connectivity index (χ0) is 15.6. The van der Waals surface area contributed by atoms with Gasteiger partial charge in [-0.2, -0.15) is 0 Å². The molecule has 0 heterocycles. The summed E-state index contributed by atoms with van der Waals surface area (Å²) in [6.07, 6.45) is 0. The Morgan fingerprint density at radius 2 is 1.81 bits per heavy atom. The van der Waals surface area contributed by atoms with Crippen molar-refractivity contribution in [2.45, 2.75) is 27.7 Å². The van der Waals surface area contributed by atoms with Gasteiger partial charge in [0.2, 0.25) is 0 Å². The maximum absolute atomic E-state index is 10.3. The predicted octanol–water partition coefficient (Wildman–Crippen LogP) is 3.39. The Kier molecular flexibility index (Phi) is 4.80. The molecule has 0 bridgehead atoms. The molecule has 2 rings (SSSR count). The fraction of sp³-hybridized carbons (Fsp3) is 0.278. The molecule has 0 aliphatic heterocycles. The third-order valence-electron chi connectivity index (χ3n) is 3.70. The summed E-state index contributed by atoms with van der Waals surface area (Å²) in [6.45, 7) is 8.17. The molecule has 0 aliphatic carbocycles. The number of aromatic hydroxyl groups is 1. The third-order valence-corrected chi connectivity index (χ3v) is 5.27. The zero-order valence-electron chi connectivity index (χ0n) is 13.3. The molecule has 1 unspecified atom stereocenters. The van der Waals surface area contributed by atoms with Crippen molar-refractivity contribution in [3.05, 3.63) is 52.6 Å². The van der Waals surface area contributed by atoms with Crippen LogP contribution in [0.4, 0.5) is 0 Å². The van der Waals surface area contributed by atoms with E-state index < -0.39 is 0 Å². The number of nitrogens with zero attached hydrogens (tertiary/aromatic N) is 1. The number of aliphatic imine (C=N–C) groups is 1. The van der Waals surface area contributed by atoms with Gasteiger partial charge in [-0.3, -0.25) is 4.99 Å². The van der Waals surface area contributed by atoms with Crippen molar-refractivity contribution in [1.29, 1.82) is 0 Å². The van der Waals surface area contributed by atoms with Gasteiger partial charge in [-0.15, -0.1) is 0 Å². The molecule has 1 N–H and O–H groups in total. The predicted molar refractivity (Wildman–Crippen MR) is 94.5 cm³/mol. The lowest BCUT2D eigenvalue weighted by atomic mass is 10.1. The lowest BCUT2D eigenvalue weighted by Gasteiger charge is -2.15. The van der Waals surface area contributed by atoms with E-state index in [-0.39, 0.29) is 0 Å². The standard InChI is InChI=1S/C18H22NOP/c1-11-9-13(3)17(20)16(10-11)21-18-12(2)7-6-8-15(18)14(4)19-5/h6-10,20-21H,1-5H3. The molecule has 1 atom stereocenters. The first-order valence-corrected chi connectivity index (χ1v) is 8.04. The van der Waals surface area contributed by atoms with Crippen LogP contribution in [0.25, 0.3) is 0 Å². The van der Waals surface area contributed by atoms with Crippen LogP contribution in [0.2, 0.25) is 0 Å². The molecule has 0 aromatic heterocycles. The van der Waals surface area contributed by atoms with Gasteiger partial charge in [0.25, 0.3) is 0 Å². The fourth-order valence-corrected chi connectivity index (χ4v) is 4.01. The van der Waals surface area contributed by atoms with Crippen LogP contribution >= 0.6 is 8.58 Å². The summed E-state index contributed by atoms with van der Waals surface area (Å²) in [5, 5.41) is 12.6. The number of phenols is 1. The first-order valence-electron chi connectivity index (χ1n) is 7.04.